The summed E-state index contributed by atoms with van der Waals surface area (Å²) in [5, 5.41) is 2.64. The second-order valence-corrected chi connectivity index (χ2v) is 7.65. The lowest BCUT2D eigenvalue weighted by molar-refractivity contribution is -0.117. The summed E-state index contributed by atoms with van der Waals surface area (Å²) < 4.78 is 56.0. The molecule has 0 bridgehead atoms. The molecule has 0 aliphatic rings. The lowest BCUT2D eigenvalue weighted by atomic mass is 10.2. The van der Waals surface area contributed by atoms with E-state index in [0.29, 0.717) is 22.9 Å². The van der Waals surface area contributed by atoms with E-state index >= 15 is 0 Å². The Labute approximate surface area is 169 Å². The van der Waals surface area contributed by atoms with Gasteiger partial charge in [0.2, 0.25) is 21.7 Å². The van der Waals surface area contributed by atoms with Gasteiger partial charge >= 0.3 is 0 Å². The summed E-state index contributed by atoms with van der Waals surface area (Å²) in [6.07, 6.45) is 0.191. The maximum atomic E-state index is 13.0. The van der Waals surface area contributed by atoms with Crippen LogP contribution in [0.4, 0.5) is 10.1 Å². The molecule has 2 aromatic carbocycles. The van der Waals surface area contributed by atoms with Crippen LogP contribution in [0.1, 0.15) is 13.3 Å². The van der Waals surface area contributed by atoms with Crippen molar-refractivity contribution in [2.45, 2.75) is 24.3 Å². The van der Waals surface area contributed by atoms with Gasteiger partial charge in [-0.25, -0.2) is 12.8 Å². The lowest BCUT2D eigenvalue weighted by Gasteiger charge is -2.18. The molecule has 10 heteroatoms. The molecule has 0 fully saturated rings. The molecule has 1 atom stereocenters. The summed E-state index contributed by atoms with van der Waals surface area (Å²) in [5.41, 5.74) is 0.337. The summed E-state index contributed by atoms with van der Waals surface area (Å²) in [5.74, 6) is -0.107. The second-order valence-electron chi connectivity index (χ2n) is 5.94. The van der Waals surface area contributed by atoms with E-state index in [2.05, 4.69) is 10.0 Å². The Morgan fingerprint density at radius 2 is 1.59 bits per heavy atom. The molecular weight excluding hydrogens is 403 g/mol. The zero-order valence-electron chi connectivity index (χ0n) is 16.5. The number of anilines is 1. The third-order valence-corrected chi connectivity index (χ3v) is 5.57. The van der Waals surface area contributed by atoms with E-state index in [4.69, 9.17) is 14.2 Å². The molecular formula is C19H23FN2O6S. The Balaban J connectivity index is 2.23. The van der Waals surface area contributed by atoms with E-state index in [1.807, 2.05) is 0 Å². The highest BCUT2D eigenvalue weighted by molar-refractivity contribution is 7.89. The predicted octanol–water partition coefficient (Wildman–Crippen LogP) is 2.55. The molecule has 2 aromatic rings. The largest absolute Gasteiger partial charge is 0.493 e. The Morgan fingerprint density at radius 3 is 2.03 bits per heavy atom. The Kier molecular flexibility index (Phi) is 7.40. The van der Waals surface area contributed by atoms with Crippen LogP contribution in [-0.2, 0) is 14.8 Å². The van der Waals surface area contributed by atoms with Crippen LogP contribution in [0, 0.1) is 5.82 Å². The molecule has 0 saturated heterocycles. The van der Waals surface area contributed by atoms with E-state index in [1.54, 1.807) is 6.92 Å². The molecule has 29 heavy (non-hydrogen) atoms. The number of carbonyl (C=O) groups excluding carboxylic acids is 1. The number of hydrogen-bond acceptors (Lipinski definition) is 6. The van der Waals surface area contributed by atoms with Gasteiger partial charge in [-0.2, -0.15) is 4.72 Å². The molecule has 0 radical (unpaired) electrons. The van der Waals surface area contributed by atoms with Crippen LogP contribution in [0.25, 0.3) is 0 Å². The average Bonchev–Trinajstić information content (AvgIpc) is 2.71. The maximum absolute atomic E-state index is 13.0. The normalized spacial score (nSPS) is 12.2. The number of halogens is 1. The smallest absolute Gasteiger partial charge is 0.242 e. The van der Waals surface area contributed by atoms with Crippen LogP contribution in [0.15, 0.2) is 41.3 Å². The van der Waals surface area contributed by atoms with Crippen LogP contribution in [0.5, 0.6) is 17.2 Å². The molecule has 0 heterocycles. The van der Waals surface area contributed by atoms with Crippen LogP contribution in [0.3, 0.4) is 0 Å². The van der Waals surface area contributed by atoms with Crippen molar-refractivity contribution in [3.63, 3.8) is 0 Å². The highest BCUT2D eigenvalue weighted by Gasteiger charge is 2.25. The standard InChI is InChI=1S/C19H23FN2O6S/c1-5-15(22-29(24,25)14-8-6-12(20)7-9-14)19(23)21-13-10-16(26-2)18(28-4)17(11-13)27-3/h6-11,15,22H,5H2,1-4H3,(H,21,23). The molecule has 0 aliphatic carbocycles. The van der Waals surface area contributed by atoms with Gasteiger partial charge in [-0.3, -0.25) is 4.79 Å². The molecule has 0 aromatic heterocycles. The van der Waals surface area contributed by atoms with Crippen LogP contribution in [-0.4, -0.2) is 41.7 Å². The first-order chi connectivity index (χ1) is 13.7. The van der Waals surface area contributed by atoms with Gasteiger partial charge in [-0.05, 0) is 30.7 Å². The first-order valence-corrected chi connectivity index (χ1v) is 10.1. The highest BCUT2D eigenvalue weighted by Crippen LogP contribution is 2.39. The summed E-state index contributed by atoms with van der Waals surface area (Å²) in [4.78, 5) is 12.5. The Morgan fingerprint density at radius 1 is 1.03 bits per heavy atom. The second kappa shape index (κ2) is 9.57. The summed E-state index contributed by atoms with van der Waals surface area (Å²) in [6.45, 7) is 1.66. The van der Waals surface area contributed by atoms with Crippen molar-refractivity contribution >= 4 is 21.6 Å². The monoisotopic (exact) mass is 426 g/mol. The number of rotatable bonds is 9. The topological polar surface area (TPSA) is 103 Å². The average molecular weight is 426 g/mol. The number of ether oxygens (including phenoxy) is 3. The van der Waals surface area contributed by atoms with Crippen molar-refractivity contribution in [1.29, 1.82) is 0 Å². The number of nitrogens with one attached hydrogen (secondary N) is 2. The van der Waals surface area contributed by atoms with Crippen LogP contribution >= 0.6 is 0 Å². The molecule has 8 nitrogen and oxygen atoms in total. The number of carbonyl (C=O) groups is 1. The van der Waals surface area contributed by atoms with E-state index in [0.717, 1.165) is 24.3 Å². The fraction of sp³-hybridized carbons (Fsp3) is 0.316. The van der Waals surface area contributed by atoms with Crippen molar-refractivity contribution in [2.24, 2.45) is 0 Å². The maximum Gasteiger partial charge on any atom is 0.242 e. The summed E-state index contributed by atoms with van der Waals surface area (Å²) in [7, 11) is 0.324. The highest BCUT2D eigenvalue weighted by atomic mass is 32.2. The molecule has 0 aliphatic heterocycles. The van der Waals surface area contributed by atoms with E-state index in [9.17, 15) is 17.6 Å². The number of methoxy groups -OCH3 is 3. The lowest BCUT2D eigenvalue weighted by Crippen LogP contribution is -2.43. The van der Waals surface area contributed by atoms with Gasteiger partial charge in [0.25, 0.3) is 0 Å². The van der Waals surface area contributed by atoms with Gasteiger partial charge in [-0.15, -0.1) is 0 Å². The molecule has 1 amide bonds. The Hall–Kier alpha value is -2.85. The molecule has 0 saturated carbocycles. The van der Waals surface area contributed by atoms with Crippen molar-refractivity contribution in [2.75, 3.05) is 26.6 Å². The third kappa shape index (κ3) is 5.36. The van der Waals surface area contributed by atoms with Crippen LogP contribution in [0.2, 0.25) is 0 Å². The van der Waals surface area contributed by atoms with Crippen molar-refractivity contribution in [3.8, 4) is 17.2 Å². The van der Waals surface area contributed by atoms with Crippen molar-refractivity contribution in [3.05, 3.63) is 42.2 Å². The molecule has 2 rings (SSSR count). The minimum absolute atomic E-state index is 0.141. The van der Waals surface area contributed by atoms with E-state index < -0.39 is 27.8 Å². The van der Waals surface area contributed by atoms with Gasteiger partial charge < -0.3 is 19.5 Å². The zero-order valence-corrected chi connectivity index (χ0v) is 17.3. The van der Waals surface area contributed by atoms with Gasteiger partial charge in [0.1, 0.15) is 11.9 Å². The van der Waals surface area contributed by atoms with Gasteiger partial charge in [-0.1, -0.05) is 6.92 Å². The zero-order chi connectivity index (χ0) is 21.6. The fourth-order valence-corrected chi connectivity index (χ4v) is 3.85. The summed E-state index contributed by atoms with van der Waals surface area (Å²) in [6, 6.07) is 6.32. The van der Waals surface area contributed by atoms with Gasteiger partial charge in [0.05, 0.1) is 26.2 Å². The van der Waals surface area contributed by atoms with Crippen LogP contribution < -0.4 is 24.2 Å². The fourth-order valence-electron chi connectivity index (χ4n) is 2.57. The number of sulfonamides is 1. The molecule has 0 spiro atoms. The van der Waals surface area contributed by atoms with E-state index in [1.165, 1.54) is 33.5 Å². The minimum atomic E-state index is -4.01. The summed E-state index contributed by atoms with van der Waals surface area (Å²) >= 11 is 0. The Bertz CT molecular complexity index is 938. The van der Waals surface area contributed by atoms with Crippen molar-refractivity contribution in [1.82, 2.24) is 4.72 Å². The van der Waals surface area contributed by atoms with E-state index in [-0.39, 0.29) is 11.3 Å². The minimum Gasteiger partial charge on any atom is -0.493 e. The first-order valence-electron chi connectivity index (χ1n) is 8.64. The third-order valence-electron chi connectivity index (χ3n) is 4.08. The SMILES string of the molecule is CCC(NS(=O)(=O)c1ccc(F)cc1)C(=O)Nc1cc(OC)c(OC)c(OC)c1. The van der Waals surface area contributed by atoms with Gasteiger partial charge in [0, 0.05) is 17.8 Å². The first kappa shape index (κ1) is 22.4. The van der Waals surface area contributed by atoms with Crippen molar-refractivity contribution < 1.29 is 31.8 Å². The molecule has 1 unspecified atom stereocenters. The molecule has 158 valence electrons. The number of hydrogen-bond donors (Lipinski definition) is 2. The quantitative estimate of drug-likeness (QED) is 0.639. The number of amides is 1. The number of benzene rings is 2. The predicted molar refractivity (Wildman–Crippen MR) is 106 cm³/mol. The van der Waals surface area contributed by atoms with Gasteiger partial charge in [0.15, 0.2) is 11.5 Å². The molecule has 2 N–H and O–H groups in total.